The van der Waals surface area contributed by atoms with Crippen molar-refractivity contribution in [1.82, 2.24) is 29.5 Å². The zero-order valence-corrected chi connectivity index (χ0v) is 19.1. The van der Waals surface area contributed by atoms with E-state index in [9.17, 15) is 9.18 Å². The predicted molar refractivity (Wildman–Crippen MR) is 127 cm³/mol. The van der Waals surface area contributed by atoms with Gasteiger partial charge in [-0.3, -0.25) is 14.8 Å². The number of pyridine rings is 1. The second-order valence-electron chi connectivity index (χ2n) is 7.76. The lowest BCUT2D eigenvalue weighted by Crippen LogP contribution is -2.14. The molecule has 1 amide bonds. The van der Waals surface area contributed by atoms with E-state index in [4.69, 9.17) is 16.6 Å². The molecule has 5 aromatic rings. The van der Waals surface area contributed by atoms with Crippen molar-refractivity contribution in [3.8, 4) is 11.3 Å². The van der Waals surface area contributed by atoms with Crippen molar-refractivity contribution >= 4 is 34.4 Å². The maximum atomic E-state index is 14.1. The van der Waals surface area contributed by atoms with Crippen LogP contribution >= 0.6 is 11.6 Å². The predicted octanol–water partition coefficient (Wildman–Crippen LogP) is 4.63. The Balaban J connectivity index is 1.46. The Morgan fingerprint density at radius 1 is 1.18 bits per heavy atom. The number of amides is 1. The summed E-state index contributed by atoms with van der Waals surface area (Å²) in [6, 6.07) is 13.6. The first-order valence-corrected chi connectivity index (χ1v) is 10.8. The number of hydrogen-bond acceptors (Lipinski definition) is 5. The molecular formula is C24H19ClFN7O. The molecule has 0 aliphatic heterocycles. The van der Waals surface area contributed by atoms with E-state index in [1.165, 1.54) is 23.1 Å². The molecule has 0 radical (unpaired) electrons. The summed E-state index contributed by atoms with van der Waals surface area (Å²) in [6.45, 7) is 2.02. The van der Waals surface area contributed by atoms with E-state index in [1.54, 1.807) is 23.0 Å². The molecule has 0 saturated carbocycles. The summed E-state index contributed by atoms with van der Waals surface area (Å²) in [4.78, 5) is 22.1. The molecule has 0 fully saturated rings. The second kappa shape index (κ2) is 8.68. The van der Waals surface area contributed by atoms with Crippen molar-refractivity contribution in [2.45, 2.75) is 13.5 Å². The molecule has 5 rings (SSSR count). The van der Waals surface area contributed by atoms with Crippen molar-refractivity contribution in [2.75, 3.05) is 5.32 Å². The van der Waals surface area contributed by atoms with E-state index in [2.05, 4.69) is 20.5 Å². The molecule has 0 unspecified atom stereocenters. The molecule has 170 valence electrons. The van der Waals surface area contributed by atoms with Crippen LogP contribution < -0.4 is 5.32 Å². The zero-order valence-electron chi connectivity index (χ0n) is 18.3. The van der Waals surface area contributed by atoms with Crippen LogP contribution in [0.3, 0.4) is 0 Å². The van der Waals surface area contributed by atoms with Gasteiger partial charge in [0, 0.05) is 34.3 Å². The third-order valence-corrected chi connectivity index (χ3v) is 5.97. The Bertz CT molecular complexity index is 1520. The molecule has 3 heterocycles. The first-order valence-electron chi connectivity index (χ1n) is 10.4. The number of carbonyl (C=O) groups is 1. The molecule has 1 N–H and O–H groups in total. The van der Waals surface area contributed by atoms with Crippen molar-refractivity contribution in [3.63, 3.8) is 0 Å². The van der Waals surface area contributed by atoms with Crippen LogP contribution in [0.15, 0.2) is 61.1 Å². The van der Waals surface area contributed by atoms with E-state index >= 15 is 0 Å². The van der Waals surface area contributed by atoms with Gasteiger partial charge in [-0.1, -0.05) is 35.9 Å². The zero-order chi connectivity index (χ0) is 23.8. The van der Waals surface area contributed by atoms with Gasteiger partial charge >= 0.3 is 0 Å². The standard InChI is InChI=1S/C24H19ClFN7O/c1-14-17(11-28-32(14)2)22-10-16(15-6-3-4-9-21(15)29-22)23(34)30-24-27-13-33(31-24)12-18-19(25)7-5-8-20(18)26/h3-11,13H,12H2,1-2H3,(H,30,31,34). The van der Waals surface area contributed by atoms with Gasteiger partial charge in [0.05, 0.1) is 29.5 Å². The molecule has 8 nitrogen and oxygen atoms in total. The number of nitrogens with one attached hydrogen (secondary N) is 1. The van der Waals surface area contributed by atoms with Crippen LogP contribution in [0.2, 0.25) is 5.02 Å². The topological polar surface area (TPSA) is 90.5 Å². The number of carbonyl (C=O) groups excluding carboxylic acids is 1. The minimum absolute atomic E-state index is 0.0804. The van der Waals surface area contributed by atoms with Crippen LogP contribution in [0.1, 0.15) is 21.6 Å². The number of fused-ring (bicyclic) bond motifs is 1. The smallest absolute Gasteiger partial charge is 0.258 e. The summed E-state index contributed by atoms with van der Waals surface area (Å²) in [5, 5.41) is 12.3. The molecule has 0 spiro atoms. The Kier molecular flexibility index (Phi) is 5.54. The lowest BCUT2D eigenvalue weighted by Gasteiger charge is -2.09. The van der Waals surface area contributed by atoms with Crippen LogP contribution in [0, 0.1) is 12.7 Å². The van der Waals surface area contributed by atoms with Gasteiger partial charge in [0.25, 0.3) is 5.91 Å². The van der Waals surface area contributed by atoms with Gasteiger partial charge in [0.15, 0.2) is 0 Å². The SMILES string of the molecule is Cc1c(-c2cc(C(=O)Nc3ncn(Cc4c(F)cccc4Cl)n3)c3ccccc3n2)cnn1C. The minimum atomic E-state index is -0.435. The highest BCUT2D eigenvalue weighted by atomic mass is 35.5. The minimum Gasteiger partial charge on any atom is -0.289 e. The van der Waals surface area contributed by atoms with Crippen molar-refractivity contribution in [2.24, 2.45) is 7.05 Å². The quantitative estimate of drug-likeness (QED) is 0.400. The van der Waals surface area contributed by atoms with Gasteiger partial charge in [-0.05, 0) is 31.2 Å². The Hall–Kier alpha value is -4.11. The molecule has 0 bridgehead atoms. The molecule has 0 atom stereocenters. The van der Waals surface area contributed by atoms with E-state index in [1.807, 2.05) is 38.2 Å². The van der Waals surface area contributed by atoms with E-state index in [-0.39, 0.29) is 18.4 Å². The summed E-state index contributed by atoms with van der Waals surface area (Å²) in [5.41, 5.74) is 3.82. The summed E-state index contributed by atoms with van der Waals surface area (Å²) >= 11 is 6.10. The number of halogens is 2. The number of hydrogen-bond donors (Lipinski definition) is 1. The molecular weight excluding hydrogens is 457 g/mol. The van der Waals surface area contributed by atoms with Crippen LogP contribution in [0.4, 0.5) is 10.3 Å². The van der Waals surface area contributed by atoms with E-state index in [0.29, 0.717) is 32.7 Å². The number of benzene rings is 2. The van der Waals surface area contributed by atoms with Crippen LogP contribution in [0.5, 0.6) is 0 Å². The number of para-hydroxylation sites is 1. The largest absolute Gasteiger partial charge is 0.289 e. The average Bonchev–Trinajstić information content (AvgIpc) is 3.41. The molecule has 34 heavy (non-hydrogen) atoms. The first-order chi connectivity index (χ1) is 16.4. The lowest BCUT2D eigenvalue weighted by atomic mass is 10.0. The van der Waals surface area contributed by atoms with Crippen molar-refractivity contribution in [3.05, 3.63) is 88.7 Å². The lowest BCUT2D eigenvalue weighted by molar-refractivity contribution is 0.102. The van der Waals surface area contributed by atoms with Gasteiger partial charge in [0.2, 0.25) is 5.95 Å². The summed E-state index contributed by atoms with van der Waals surface area (Å²) in [5.74, 6) is -0.726. The van der Waals surface area contributed by atoms with Crippen molar-refractivity contribution < 1.29 is 9.18 Å². The number of nitrogens with zero attached hydrogens (tertiary/aromatic N) is 6. The molecule has 10 heteroatoms. The number of anilines is 1. The van der Waals surface area contributed by atoms with Crippen LogP contribution in [-0.2, 0) is 13.6 Å². The van der Waals surface area contributed by atoms with Gasteiger partial charge in [0.1, 0.15) is 12.1 Å². The molecule has 0 aliphatic carbocycles. The van der Waals surface area contributed by atoms with E-state index in [0.717, 1.165) is 11.3 Å². The first kappa shape index (κ1) is 21.7. The third-order valence-electron chi connectivity index (χ3n) is 5.62. The summed E-state index contributed by atoms with van der Waals surface area (Å²) < 4.78 is 17.3. The van der Waals surface area contributed by atoms with Gasteiger partial charge < -0.3 is 0 Å². The molecule has 3 aromatic heterocycles. The number of aryl methyl sites for hydroxylation is 1. The van der Waals surface area contributed by atoms with Gasteiger partial charge in [-0.25, -0.2) is 19.0 Å². The monoisotopic (exact) mass is 475 g/mol. The fourth-order valence-electron chi connectivity index (χ4n) is 3.69. The Labute approximate surface area is 199 Å². The normalized spacial score (nSPS) is 11.2. The van der Waals surface area contributed by atoms with Crippen LogP contribution in [-0.4, -0.2) is 35.4 Å². The number of aromatic nitrogens is 6. The molecule has 0 aliphatic rings. The highest BCUT2D eigenvalue weighted by Gasteiger charge is 2.18. The fraction of sp³-hybridized carbons (Fsp3) is 0.125. The second-order valence-corrected chi connectivity index (χ2v) is 8.17. The van der Waals surface area contributed by atoms with Gasteiger partial charge in [-0.15, -0.1) is 5.10 Å². The van der Waals surface area contributed by atoms with E-state index < -0.39 is 5.82 Å². The fourth-order valence-corrected chi connectivity index (χ4v) is 3.92. The highest BCUT2D eigenvalue weighted by molar-refractivity contribution is 6.31. The van der Waals surface area contributed by atoms with Crippen molar-refractivity contribution in [1.29, 1.82) is 0 Å². The molecule has 0 saturated heterocycles. The highest BCUT2D eigenvalue weighted by Crippen LogP contribution is 2.27. The Morgan fingerprint density at radius 3 is 2.76 bits per heavy atom. The Morgan fingerprint density at radius 2 is 2.00 bits per heavy atom. The average molecular weight is 476 g/mol. The summed E-state index contributed by atoms with van der Waals surface area (Å²) in [6.07, 6.45) is 3.14. The third kappa shape index (κ3) is 4.01. The maximum absolute atomic E-state index is 14.1. The maximum Gasteiger partial charge on any atom is 0.258 e. The van der Waals surface area contributed by atoms with Crippen LogP contribution in [0.25, 0.3) is 22.2 Å². The molecule has 2 aromatic carbocycles. The number of rotatable bonds is 5. The summed E-state index contributed by atoms with van der Waals surface area (Å²) in [7, 11) is 1.85. The van der Waals surface area contributed by atoms with Gasteiger partial charge in [-0.2, -0.15) is 5.10 Å².